The predicted molar refractivity (Wildman–Crippen MR) is 141 cm³/mol. The van der Waals surface area contributed by atoms with Gasteiger partial charge in [-0.25, -0.2) is 18.7 Å². The zero-order valence-corrected chi connectivity index (χ0v) is 23.1. The molecule has 0 aliphatic carbocycles. The summed E-state index contributed by atoms with van der Waals surface area (Å²) in [5.74, 6) is -0.151. The molecule has 2 aliphatic heterocycles. The van der Waals surface area contributed by atoms with E-state index < -0.39 is 26.2 Å². The van der Waals surface area contributed by atoms with Crippen molar-refractivity contribution in [2.75, 3.05) is 50.8 Å². The van der Waals surface area contributed by atoms with Crippen LogP contribution in [0.25, 0.3) is 0 Å². The van der Waals surface area contributed by atoms with Crippen LogP contribution < -0.4 is 20.4 Å². The third-order valence-electron chi connectivity index (χ3n) is 6.90. The fourth-order valence-electron chi connectivity index (χ4n) is 4.70. The van der Waals surface area contributed by atoms with Crippen LogP contribution in [0.5, 0.6) is 5.75 Å². The van der Waals surface area contributed by atoms with Gasteiger partial charge in [-0.2, -0.15) is 4.31 Å². The van der Waals surface area contributed by atoms with Crippen LogP contribution in [0.1, 0.15) is 53.4 Å². The number of nitrogens with zero attached hydrogens (tertiary/aromatic N) is 3. The molecule has 1 aromatic rings. The number of piperidine rings is 1. The molecule has 2 heterocycles. The van der Waals surface area contributed by atoms with Crippen LogP contribution >= 0.6 is 0 Å². The number of hydrogen-bond acceptors (Lipinski definition) is 7. The van der Waals surface area contributed by atoms with Crippen LogP contribution in [0.3, 0.4) is 0 Å². The first kappa shape index (κ1) is 29.0. The number of hydrogen-bond donors (Lipinski definition) is 3. The number of nitrogens with one attached hydrogen (secondary N) is 2. The molecular weight excluding hydrogens is 498 g/mol. The number of urea groups is 1. The van der Waals surface area contributed by atoms with Gasteiger partial charge in [0.15, 0.2) is 4.75 Å². The second-order valence-corrected chi connectivity index (χ2v) is 12.9. The molecule has 37 heavy (non-hydrogen) atoms. The van der Waals surface area contributed by atoms with E-state index in [4.69, 9.17) is 4.74 Å². The second-order valence-electron chi connectivity index (χ2n) is 10.7. The molecule has 2 aliphatic rings. The molecule has 0 spiro atoms. The zero-order valence-electron chi connectivity index (χ0n) is 22.3. The van der Waals surface area contributed by atoms with Gasteiger partial charge in [0.25, 0.3) is 5.91 Å². The van der Waals surface area contributed by atoms with E-state index in [0.29, 0.717) is 19.7 Å². The molecule has 0 saturated carbocycles. The standard InChI is InChI=1S/C25H41N5O6S/c1-5-6-19-36-21-9-7-20(8-10-21)28-15-17-30(18-16-28)37(34,35)25(22(31)27-33)11-13-29(14-12-25)23(32)26-24(2,3)4/h7-10,33H,5-6,11-19H2,1-4H3,(H,26,32)(H,27,31). The highest BCUT2D eigenvalue weighted by atomic mass is 32.2. The van der Waals surface area contributed by atoms with E-state index in [1.165, 1.54) is 9.21 Å². The molecule has 11 nitrogen and oxygen atoms in total. The Morgan fingerprint density at radius 2 is 1.62 bits per heavy atom. The Morgan fingerprint density at radius 3 is 2.14 bits per heavy atom. The lowest BCUT2D eigenvalue weighted by Gasteiger charge is -2.44. The Morgan fingerprint density at radius 1 is 1.03 bits per heavy atom. The minimum Gasteiger partial charge on any atom is -0.494 e. The van der Waals surface area contributed by atoms with Gasteiger partial charge in [-0.1, -0.05) is 13.3 Å². The highest BCUT2D eigenvalue weighted by molar-refractivity contribution is 7.91. The van der Waals surface area contributed by atoms with Crippen molar-refractivity contribution in [3.63, 3.8) is 0 Å². The van der Waals surface area contributed by atoms with Crippen LogP contribution in [-0.2, 0) is 14.8 Å². The fourth-order valence-corrected chi connectivity index (χ4v) is 6.81. The van der Waals surface area contributed by atoms with Gasteiger partial charge in [-0.05, 0) is 64.3 Å². The maximum absolute atomic E-state index is 13.8. The van der Waals surface area contributed by atoms with Crippen LogP contribution in [0.15, 0.2) is 24.3 Å². The summed E-state index contributed by atoms with van der Waals surface area (Å²) in [6.45, 7) is 9.89. The summed E-state index contributed by atoms with van der Waals surface area (Å²) >= 11 is 0. The lowest BCUT2D eigenvalue weighted by Crippen LogP contribution is -2.64. The third kappa shape index (κ3) is 6.66. The smallest absolute Gasteiger partial charge is 0.317 e. The SMILES string of the molecule is CCCCOc1ccc(N2CCN(S(=O)(=O)C3(C(=O)NO)CCN(C(=O)NC(C)(C)C)CC3)CC2)cc1. The van der Waals surface area contributed by atoms with Crippen molar-refractivity contribution in [3.05, 3.63) is 24.3 Å². The summed E-state index contributed by atoms with van der Waals surface area (Å²) < 4.78 is 32.8. The van der Waals surface area contributed by atoms with Gasteiger partial charge >= 0.3 is 6.03 Å². The average molecular weight is 540 g/mol. The maximum atomic E-state index is 13.8. The van der Waals surface area contributed by atoms with Crippen molar-refractivity contribution in [2.24, 2.45) is 0 Å². The van der Waals surface area contributed by atoms with Crippen LogP contribution in [0.4, 0.5) is 10.5 Å². The van der Waals surface area contributed by atoms with Crippen molar-refractivity contribution in [3.8, 4) is 5.75 Å². The topological polar surface area (TPSA) is 132 Å². The van der Waals surface area contributed by atoms with E-state index in [0.717, 1.165) is 24.3 Å². The number of unbranched alkanes of at least 4 members (excludes halogenated alkanes) is 1. The van der Waals surface area contributed by atoms with Crippen LogP contribution in [0.2, 0.25) is 0 Å². The summed E-state index contributed by atoms with van der Waals surface area (Å²) in [7, 11) is -4.11. The van der Waals surface area contributed by atoms with Crippen LogP contribution in [-0.4, -0.2) is 90.9 Å². The normalized spacial score (nSPS) is 18.8. The number of hydroxylamine groups is 1. The summed E-state index contributed by atoms with van der Waals surface area (Å²) in [5, 5.41) is 12.3. The number of benzene rings is 1. The Balaban J connectivity index is 1.66. The van der Waals surface area contributed by atoms with Crippen molar-refractivity contribution >= 4 is 27.6 Å². The quantitative estimate of drug-likeness (QED) is 0.262. The summed E-state index contributed by atoms with van der Waals surface area (Å²) in [6, 6.07) is 7.45. The van der Waals surface area contributed by atoms with E-state index in [1.54, 1.807) is 5.48 Å². The van der Waals surface area contributed by atoms with Crippen molar-refractivity contribution in [2.45, 2.75) is 63.7 Å². The molecule has 208 valence electrons. The zero-order chi connectivity index (χ0) is 27.3. The minimum absolute atomic E-state index is 0.0845. The van der Waals surface area contributed by atoms with Crippen molar-refractivity contribution in [1.82, 2.24) is 20.0 Å². The van der Waals surface area contributed by atoms with Crippen LogP contribution in [0, 0.1) is 0 Å². The largest absolute Gasteiger partial charge is 0.494 e. The van der Waals surface area contributed by atoms with E-state index >= 15 is 0 Å². The molecule has 1 aromatic carbocycles. The molecule has 0 unspecified atom stereocenters. The monoisotopic (exact) mass is 539 g/mol. The summed E-state index contributed by atoms with van der Waals surface area (Å²) in [6.07, 6.45) is 1.87. The molecule has 3 N–H and O–H groups in total. The van der Waals surface area contributed by atoms with Gasteiger partial charge in [0.2, 0.25) is 10.0 Å². The molecule has 0 bridgehead atoms. The highest BCUT2D eigenvalue weighted by Crippen LogP contribution is 2.35. The molecule has 0 atom stereocenters. The molecule has 2 fully saturated rings. The molecule has 0 aromatic heterocycles. The third-order valence-corrected chi connectivity index (χ3v) is 9.52. The summed E-state index contributed by atoms with van der Waals surface area (Å²) in [5.41, 5.74) is 2.11. The van der Waals surface area contributed by atoms with Gasteiger partial charge in [-0.15, -0.1) is 0 Å². The number of amides is 3. The number of rotatable bonds is 8. The van der Waals surface area contributed by atoms with Gasteiger partial charge in [-0.3, -0.25) is 10.0 Å². The molecule has 3 amide bonds. The molecule has 2 saturated heterocycles. The summed E-state index contributed by atoms with van der Waals surface area (Å²) in [4.78, 5) is 29.0. The lowest BCUT2D eigenvalue weighted by molar-refractivity contribution is -0.133. The first-order chi connectivity index (χ1) is 17.4. The maximum Gasteiger partial charge on any atom is 0.317 e. The Labute approximate surface area is 220 Å². The van der Waals surface area contributed by atoms with E-state index in [-0.39, 0.29) is 45.1 Å². The number of likely N-dealkylation sites (tertiary alicyclic amines) is 1. The Hall–Kier alpha value is -2.57. The second kappa shape index (κ2) is 11.9. The fraction of sp³-hybridized carbons (Fsp3) is 0.680. The molecule has 12 heteroatoms. The number of carbonyl (C=O) groups excluding carboxylic acids is 2. The first-order valence-electron chi connectivity index (χ1n) is 12.9. The van der Waals surface area contributed by atoms with Gasteiger partial charge < -0.3 is 19.9 Å². The van der Waals surface area contributed by atoms with Gasteiger partial charge in [0.1, 0.15) is 5.75 Å². The first-order valence-corrected chi connectivity index (χ1v) is 14.4. The number of piperazine rings is 1. The lowest BCUT2D eigenvalue weighted by atomic mass is 9.95. The minimum atomic E-state index is -4.11. The molecular formula is C25H41N5O6S. The predicted octanol–water partition coefficient (Wildman–Crippen LogP) is 2.17. The molecule has 3 rings (SSSR count). The van der Waals surface area contributed by atoms with E-state index in [2.05, 4.69) is 17.1 Å². The number of carbonyl (C=O) groups is 2. The number of ether oxygens (including phenoxy) is 1. The Bertz CT molecular complexity index is 1020. The molecule has 0 radical (unpaired) electrons. The highest BCUT2D eigenvalue weighted by Gasteiger charge is 2.55. The number of sulfonamides is 1. The van der Waals surface area contributed by atoms with Gasteiger partial charge in [0, 0.05) is 50.5 Å². The Kier molecular flexibility index (Phi) is 9.30. The van der Waals surface area contributed by atoms with E-state index in [1.807, 2.05) is 45.0 Å². The number of anilines is 1. The average Bonchev–Trinajstić information content (AvgIpc) is 2.88. The van der Waals surface area contributed by atoms with Gasteiger partial charge in [0.05, 0.1) is 6.61 Å². The van der Waals surface area contributed by atoms with Crippen molar-refractivity contribution in [1.29, 1.82) is 0 Å². The van der Waals surface area contributed by atoms with Crippen molar-refractivity contribution < 1.29 is 28.0 Å². The van der Waals surface area contributed by atoms with E-state index in [9.17, 15) is 23.2 Å².